The summed E-state index contributed by atoms with van der Waals surface area (Å²) in [5.41, 5.74) is 1.77. The molecule has 2 aromatic carbocycles. The zero-order valence-electron chi connectivity index (χ0n) is 25.6. The van der Waals surface area contributed by atoms with Gasteiger partial charge in [-0.05, 0) is 73.9 Å². The third kappa shape index (κ3) is 7.41. The zero-order chi connectivity index (χ0) is 34.2. The molecule has 0 radical (unpaired) electrons. The van der Waals surface area contributed by atoms with Crippen molar-refractivity contribution in [1.29, 1.82) is 0 Å². The SMILES string of the molecule is CC(=Cc1ccc(O[C@@H]2O[C@H](C(C)=C(C)COc3ccc(F)cc3Cl)[C@@H](O)[C@@H]2O)c(O)c1)C(=O)N[C@@H]1[C@H](O)[C@@H](O)[C@H]2OCO[C@H]2[C@@H]1O. The average Bonchev–Trinajstić information content (AvgIpc) is 3.64. The highest BCUT2D eigenvalue weighted by atomic mass is 35.5. The van der Waals surface area contributed by atoms with Crippen LogP contribution in [-0.2, 0) is 19.0 Å². The molecule has 7 N–H and O–H groups in total. The summed E-state index contributed by atoms with van der Waals surface area (Å²) >= 11 is 6.02. The van der Waals surface area contributed by atoms with Crippen LogP contribution in [0.25, 0.3) is 6.08 Å². The van der Waals surface area contributed by atoms with Crippen LogP contribution in [0.4, 0.5) is 4.39 Å². The van der Waals surface area contributed by atoms with Crippen LogP contribution in [0.1, 0.15) is 26.3 Å². The molecule has 1 aliphatic carbocycles. The minimum Gasteiger partial charge on any atom is -0.504 e. The van der Waals surface area contributed by atoms with E-state index in [1.165, 1.54) is 43.3 Å². The number of halogens is 2. The summed E-state index contributed by atoms with van der Waals surface area (Å²) < 4.78 is 41.0. The van der Waals surface area contributed by atoms with Gasteiger partial charge in [-0.15, -0.1) is 0 Å². The van der Waals surface area contributed by atoms with E-state index in [1.807, 2.05) is 0 Å². The van der Waals surface area contributed by atoms with Crippen LogP contribution in [-0.4, -0.2) is 111 Å². The minimum absolute atomic E-state index is 0.0483. The molecule has 2 heterocycles. The lowest BCUT2D eigenvalue weighted by atomic mass is 9.83. The molecule has 13 nitrogen and oxygen atoms in total. The monoisotopic (exact) mass is 681 g/mol. The third-order valence-electron chi connectivity index (χ3n) is 8.53. The normalized spacial score (nSPS) is 32.9. The number of aliphatic hydroxyl groups excluding tert-OH is 5. The van der Waals surface area contributed by atoms with Gasteiger partial charge in [0.15, 0.2) is 11.5 Å². The van der Waals surface area contributed by atoms with E-state index in [0.29, 0.717) is 16.7 Å². The van der Waals surface area contributed by atoms with Gasteiger partial charge in [0.1, 0.15) is 73.8 Å². The molecular weight excluding hydrogens is 645 g/mol. The second-order valence-electron chi connectivity index (χ2n) is 11.8. The Kier molecular flexibility index (Phi) is 10.8. The molecule has 2 aliphatic heterocycles. The van der Waals surface area contributed by atoms with E-state index >= 15 is 0 Å². The summed E-state index contributed by atoms with van der Waals surface area (Å²) in [6.45, 7) is 4.80. The summed E-state index contributed by atoms with van der Waals surface area (Å²) in [5.74, 6) is -1.29. The Bertz CT molecular complexity index is 1540. The Morgan fingerprint density at radius 1 is 0.957 bits per heavy atom. The summed E-state index contributed by atoms with van der Waals surface area (Å²) in [4.78, 5) is 12.9. The van der Waals surface area contributed by atoms with E-state index in [-0.39, 0.29) is 41.2 Å². The molecule has 10 atom stereocenters. The molecule has 3 aliphatic rings. The minimum atomic E-state index is -1.51. The van der Waals surface area contributed by atoms with Crippen molar-refractivity contribution in [2.75, 3.05) is 13.4 Å². The number of aromatic hydroxyl groups is 1. The number of benzene rings is 2. The fourth-order valence-electron chi connectivity index (χ4n) is 5.62. The molecule has 2 aromatic rings. The fourth-order valence-corrected chi connectivity index (χ4v) is 5.84. The molecule has 0 spiro atoms. The molecule has 0 unspecified atom stereocenters. The Morgan fingerprint density at radius 3 is 2.32 bits per heavy atom. The van der Waals surface area contributed by atoms with Gasteiger partial charge >= 0.3 is 0 Å². The number of phenols is 1. The third-order valence-corrected chi connectivity index (χ3v) is 8.82. The highest BCUT2D eigenvalue weighted by Gasteiger charge is 2.53. The van der Waals surface area contributed by atoms with Crippen LogP contribution in [0.15, 0.2) is 53.1 Å². The van der Waals surface area contributed by atoms with Gasteiger partial charge in [0.25, 0.3) is 0 Å². The maximum atomic E-state index is 13.3. The average molecular weight is 682 g/mol. The van der Waals surface area contributed by atoms with Crippen LogP contribution in [0.2, 0.25) is 5.02 Å². The Hall–Kier alpha value is -3.31. The standard InChI is InChI=1S/C32H37ClFNO12/c1-13(31(42)35-22-23(37)25(39)30-29(24(22)38)44-12-45-30)8-16-4-6-21(19(36)9-16)46-32-27(41)26(40)28(47-32)15(3)14(2)11-43-20-7-5-17(34)10-18(20)33/h4-10,22-30,32,36-41H,11-12H2,1-3H3,(H,35,42)/t22-,23+,24-,25-,26+,27+,28-,29+,30-,32-/m1/s1. The first-order valence-electron chi connectivity index (χ1n) is 14.8. The Labute approximate surface area is 274 Å². The summed E-state index contributed by atoms with van der Waals surface area (Å²) in [6, 6.07) is 6.72. The van der Waals surface area contributed by atoms with Gasteiger partial charge in [-0.2, -0.15) is 0 Å². The summed E-state index contributed by atoms with van der Waals surface area (Å²) in [7, 11) is 0. The van der Waals surface area contributed by atoms with E-state index < -0.39 is 72.9 Å². The number of ether oxygens (including phenoxy) is 5. The van der Waals surface area contributed by atoms with Crippen molar-refractivity contribution >= 4 is 23.6 Å². The fraction of sp³-hybridized carbons (Fsp3) is 0.469. The molecule has 0 aromatic heterocycles. The molecule has 1 amide bonds. The molecule has 1 saturated carbocycles. The number of phenolic OH excluding ortho intramolecular Hbond substituents is 1. The van der Waals surface area contributed by atoms with Gasteiger partial charge in [0, 0.05) is 5.57 Å². The largest absolute Gasteiger partial charge is 0.504 e. The predicted octanol–water partition coefficient (Wildman–Crippen LogP) is 1.15. The number of hydrogen-bond acceptors (Lipinski definition) is 12. The van der Waals surface area contributed by atoms with Crippen molar-refractivity contribution < 1.29 is 63.5 Å². The van der Waals surface area contributed by atoms with E-state index in [4.69, 9.17) is 35.3 Å². The number of hydrogen-bond donors (Lipinski definition) is 7. The quantitative estimate of drug-likeness (QED) is 0.148. The second kappa shape index (κ2) is 14.4. The molecule has 15 heteroatoms. The highest BCUT2D eigenvalue weighted by molar-refractivity contribution is 6.32. The second-order valence-corrected chi connectivity index (χ2v) is 12.2. The lowest BCUT2D eigenvalue weighted by molar-refractivity contribution is -0.155. The smallest absolute Gasteiger partial charge is 0.247 e. The van der Waals surface area contributed by atoms with Crippen molar-refractivity contribution in [3.8, 4) is 17.2 Å². The van der Waals surface area contributed by atoms with Gasteiger partial charge < -0.3 is 59.6 Å². The topological polar surface area (TPSA) is 197 Å². The van der Waals surface area contributed by atoms with Crippen LogP contribution in [0, 0.1) is 5.82 Å². The molecule has 256 valence electrons. The lowest BCUT2D eigenvalue weighted by Gasteiger charge is -2.41. The number of carbonyl (C=O) groups is 1. The van der Waals surface area contributed by atoms with Crippen LogP contribution >= 0.6 is 11.6 Å². The molecular formula is C32H37ClFNO12. The van der Waals surface area contributed by atoms with Crippen LogP contribution in [0.3, 0.4) is 0 Å². The number of rotatable bonds is 9. The first-order valence-corrected chi connectivity index (χ1v) is 15.2. The predicted molar refractivity (Wildman–Crippen MR) is 163 cm³/mol. The summed E-state index contributed by atoms with van der Waals surface area (Å²) in [5, 5.41) is 66.0. The van der Waals surface area contributed by atoms with Gasteiger partial charge in [-0.1, -0.05) is 17.7 Å². The molecule has 5 rings (SSSR count). The van der Waals surface area contributed by atoms with Crippen LogP contribution < -0.4 is 14.8 Å². The highest BCUT2D eigenvalue weighted by Crippen LogP contribution is 2.35. The first kappa shape index (κ1) is 35.0. The van der Waals surface area contributed by atoms with E-state index in [2.05, 4.69) is 5.32 Å². The number of amides is 1. The van der Waals surface area contributed by atoms with Gasteiger partial charge in [-0.3, -0.25) is 4.79 Å². The van der Waals surface area contributed by atoms with E-state index in [9.17, 15) is 39.8 Å². The Morgan fingerprint density at radius 2 is 1.64 bits per heavy atom. The lowest BCUT2D eigenvalue weighted by Crippen LogP contribution is -2.67. The number of fused-ring (bicyclic) bond motifs is 1. The summed E-state index contributed by atoms with van der Waals surface area (Å²) in [6.07, 6.45) is -9.77. The van der Waals surface area contributed by atoms with Gasteiger partial charge in [0.05, 0.1) is 11.1 Å². The van der Waals surface area contributed by atoms with Crippen molar-refractivity contribution in [3.63, 3.8) is 0 Å². The van der Waals surface area contributed by atoms with Crippen molar-refractivity contribution in [1.82, 2.24) is 5.32 Å². The van der Waals surface area contributed by atoms with Crippen LogP contribution in [0.5, 0.6) is 17.2 Å². The Balaban J connectivity index is 1.20. The maximum absolute atomic E-state index is 13.3. The first-order chi connectivity index (χ1) is 22.3. The zero-order valence-corrected chi connectivity index (χ0v) is 26.4. The molecule has 3 fully saturated rings. The molecule has 2 saturated heterocycles. The van der Waals surface area contributed by atoms with Gasteiger partial charge in [0.2, 0.25) is 12.2 Å². The van der Waals surface area contributed by atoms with E-state index in [0.717, 1.165) is 6.07 Å². The van der Waals surface area contributed by atoms with Crippen molar-refractivity contribution in [3.05, 3.63) is 69.5 Å². The molecule has 47 heavy (non-hydrogen) atoms. The number of carbonyl (C=O) groups excluding carboxylic acids is 1. The van der Waals surface area contributed by atoms with Gasteiger partial charge in [-0.25, -0.2) is 4.39 Å². The molecule has 0 bridgehead atoms. The number of aliphatic hydroxyl groups is 5. The van der Waals surface area contributed by atoms with Crippen molar-refractivity contribution in [2.45, 2.75) is 81.9 Å². The maximum Gasteiger partial charge on any atom is 0.247 e. The number of nitrogens with one attached hydrogen (secondary N) is 1. The van der Waals surface area contributed by atoms with E-state index in [1.54, 1.807) is 13.8 Å². The van der Waals surface area contributed by atoms with Crippen molar-refractivity contribution in [2.24, 2.45) is 0 Å².